The van der Waals surface area contributed by atoms with Crippen LogP contribution in [-0.4, -0.2) is 11.0 Å². The molecule has 0 aromatic heterocycles. The fraction of sp³-hybridized carbons (Fsp3) is 0.357. The molecule has 0 radical (unpaired) electrons. The zero-order chi connectivity index (χ0) is 11.2. The lowest BCUT2D eigenvalue weighted by Crippen LogP contribution is -2.17. The topological polar surface area (TPSA) is 17.1 Å². The predicted octanol–water partition coefficient (Wildman–Crippen LogP) is 3.85. The van der Waals surface area contributed by atoms with Crippen molar-refractivity contribution in [2.75, 3.05) is 0 Å². The summed E-state index contributed by atoms with van der Waals surface area (Å²) in [6.45, 7) is 0. The van der Waals surface area contributed by atoms with E-state index in [4.69, 9.17) is 0 Å². The van der Waals surface area contributed by atoms with Crippen molar-refractivity contribution in [2.24, 2.45) is 0 Å². The monoisotopic (exact) mass is 232 g/mol. The fourth-order valence-corrected chi connectivity index (χ4v) is 2.96. The van der Waals surface area contributed by atoms with Crippen LogP contribution in [0.4, 0.5) is 0 Å². The molecule has 1 unspecified atom stereocenters. The quantitative estimate of drug-likeness (QED) is 0.720. The number of Topliss-reactive ketones (excluding diaryl/α,β-unsaturated/α-hetero) is 1. The van der Waals surface area contributed by atoms with Gasteiger partial charge in [-0.3, -0.25) is 4.79 Å². The smallest absolute Gasteiger partial charge is 0.146 e. The minimum Gasteiger partial charge on any atom is -0.298 e. The number of carbonyl (C=O) groups is 1. The predicted molar refractivity (Wildman–Crippen MR) is 68.7 cm³/mol. The van der Waals surface area contributed by atoms with E-state index < -0.39 is 0 Å². The van der Waals surface area contributed by atoms with E-state index in [-0.39, 0.29) is 5.25 Å². The van der Waals surface area contributed by atoms with E-state index in [1.165, 1.54) is 4.90 Å². The third kappa shape index (κ3) is 3.24. The largest absolute Gasteiger partial charge is 0.298 e. The summed E-state index contributed by atoms with van der Waals surface area (Å²) < 4.78 is 0. The van der Waals surface area contributed by atoms with Gasteiger partial charge in [0.15, 0.2) is 0 Å². The third-order valence-electron chi connectivity index (χ3n) is 2.70. The first kappa shape index (κ1) is 11.5. The van der Waals surface area contributed by atoms with Crippen LogP contribution < -0.4 is 0 Å². The van der Waals surface area contributed by atoms with Gasteiger partial charge < -0.3 is 0 Å². The Balaban J connectivity index is 2.02. The molecule has 0 saturated carbocycles. The minimum atomic E-state index is 0.146. The third-order valence-corrected chi connectivity index (χ3v) is 4.03. The lowest BCUT2D eigenvalue weighted by Gasteiger charge is -2.15. The molecule has 1 aromatic rings. The molecule has 1 nitrogen and oxygen atoms in total. The average Bonchev–Trinajstić information content (AvgIpc) is 2.30. The van der Waals surface area contributed by atoms with Gasteiger partial charge in [-0.05, 0) is 31.4 Å². The van der Waals surface area contributed by atoms with Gasteiger partial charge in [-0.25, -0.2) is 0 Å². The van der Waals surface area contributed by atoms with Gasteiger partial charge in [-0.2, -0.15) is 0 Å². The summed E-state index contributed by atoms with van der Waals surface area (Å²) >= 11 is 1.71. The summed E-state index contributed by atoms with van der Waals surface area (Å²) in [5.74, 6) is 0.401. The van der Waals surface area contributed by atoms with Crippen molar-refractivity contribution in [2.45, 2.75) is 35.8 Å². The first-order valence-electron chi connectivity index (χ1n) is 5.75. The van der Waals surface area contributed by atoms with E-state index in [0.29, 0.717) is 12.2 Å². The summed E-state index contributed by atoms with van der Waals surface area (Å²) in [5, 5.41) is 0.146. The lowest BCUT2D eigenvalue weighted by molar-refractivity contribution is -0.118. The molecule has 1 aliphatic carbocycles. The van der Waals surface area contributed by atoms with Crippen molar-refractivity contribution in [3.8, 4) is 0 Å². The molecule has 0 heterocycles. The zero-order valence-corrected chi connectivity index (χ0v) is 10.1. The SMILES string of the molecule is O=C1CCC=CCCC1Sc1ccccc1. The van der Waals surface area contributed by atoms with E-state index in [9.17, 15) is 4.79 Å². The Labute approximate surface area is 101 Å². The molecule has 1 atom stereocenters. The molecule has 1 aromatic carbocycles. The molecule has 2 heteroatoms. The molecular weight excluding hydrogens is 216 g/mol. The van der Waals surface area contributed by atoms with Crippen LogP contribution in [0, 0.1) is 0 Å². The molecule has 0 fully saturated rings. The number of carbonyl (C=O) groups excluding carboxylic acids is 1. The first-order valence-corrected chi connectivity index (χ1v) is 6.63. The van der Waals surface area contributed by atoms with Crippen LogP contribution in [-0.2, 0) is 4.79 Å². The average molecular weight is 232 g/mol. The highest BCUT2D eigenvalue weighted by atomic mass is 32.2. The normalized spacial score (nSPS) is 21.5. The molecular formula is C14H16OS. The molecule has 0 spiro atoms. The number of rotatable bonds is 2. The summed E-state index contributed by atoms with van der Waals surface area (Å²) in [6.07, 6.45) is 7.92. The van der Waals surface area contributed by atoms with Crippen molar-refractivity contribution in [3.63, 3.8) is 0 Å². The van der Waals surface area contributed by atoms with Crippen molar-refractivity contribution >= 4 is 17.5 Å². The Morgan fingerprint density at radius 3 is 2.62 bits per heavy atom. The van der Waals surface area contributed by atoms with Crippen LogP contribution in [0.5, 0.6) is 0 Å². The summed E-state index contributed by atoms with van der Waals surface area (Å²) in [6, 6.07) is 10.2. The molecule has 0 N–H and O–H groups in total. The Morgan fingerprint density at radius 2 is 1.81 bits per heavy atom. The van der Waals surface area contributed by atoms with Crippen LogP contribution in [0.25, 0.3) is 0 Å². The number of hydrogen-bond donors (Lipinski definition) is 0. The van der Waals surface area contributed by atoms with Gasteiger partial charge >= 0.3 is 0 Å². The Hall–Kier alpha value is -1.02. The van der Waals surface area contributed by atoms with Crippen molar-refractivity contribution < 1.29 is 4.79 Å². The summed E-state index contributed by atoms with van der Waals surface area (Å²) in [5.41, 5.74) is 0. The Bertz CT molecular complexity index is 370. The minimum absolute atomic E-state index is 0.146. The van der Waals surface area contributed by atoms with Gasteiger partial charge in [0, 0.05) is 11.3 Å². The Kier molecular flexibility index (Phi) is 4.23. The molecule has 16 heavy (non-hydrogen) atoms. The highest BCUT2D eigenvalue weighted by molar-refractivity contribution is 8.00. The standard InChI is InChI=1S/C14H16OS/c15-13-10-6-1-2-7-11-14(13)16-12-8-4-3-5-9-12/h1-5,8-9,14H,6-7,10-11H2. The first-order chi connectivity index (χ1) is 7.86. The van der Waals surface area contributed by atoms with Gasteiger partial charge in [0.1, 0.15) is 5.78 Å². The molecule has 0 bridgehead atoms. The van der Waals surface area contributed by atoms with Crippen LogP contribution in [0.15, 0.2) is 47.4 Å². The van der Waals surface area contributed by atoms with Crippen LogP contribution >= 0.6 is 11.8 Å². The van der Waals surface area contributed by atoms with Crippen LogP contribution in [0.2, 0.25) is 0 Å². The van der Waals surface area contributed by atoms with Crippen LogP contribution in [0.1, 0.15) is 25.7 Å². The number of ketones is 1. The van der Waals surface area contributed by atoms with Gasteiger partial charge in [0.25, 0.3) is 0 Å². The summed E-state index contributed by atoms with van der Waals surface area (Å²) in [7, 11) is 0. The van der Waals surface area contributed by atoms with E-state index in [0.717, 1.165) is 19.3 Å². The maximum atomic E-state index is 11.9. The maximum absolute atomic E-state index is 11.9. The molecule has 1 aliphatic rings. The van der Waals surface area contributed by atoms with E-state index >= 15 is 0 Å². The van der Waals surface area contributed by atoms with Crippen molar-refractivity contribution in [3.05, 3.63) is 42.5 Å². The van der Waals surface area contributed by atoms with Gasteiger partial charge in [0.2, 0.25) is 0 Å². The molecule has 2 rings (SSSR count). The lowest BCUT2D eigenvalue weighted by atomic mass is 10.0. The number of allylic oxidation sites excluding steroid dienone is 2. The fourth-order valence-electron chi connectivity index (χ4n) is 1.82. The second-order valence-corrected chi connectivity index (χ2v) is 5.25. The molecule has 0 aliphatic heterocycles. The highest BCUT2D eigenvalue weighted by Gasteiger charge is 2.19. The van der Waals surface area contributed by atoms with Gasteiger partial charge in [-0.1, -0.05) is 30.4 Å². The summed E-state index contributed by atoms with van der Waals surface area (Å²) in [4.78, 5) is 13.1. The second kappa shape index (κ2) is 5.90. The molecule has 84 valence electrons. The number of benzene rings is 1. The highest BCUT2D eigenvalue weighted by Crippen LogP contribution is 2.28. The second-order valence-electron chi connectivity index (χ2n) is 3.97. The Morgan fingerprint density at radius 1 is 1.06 bits per heavy atom. The van der Waals surface area contributed by atoms with E-state index in [1.54, 1.807) is 11.8 Å². The number of thioether (sulfide) groups is 1. The van der Waals surface area contributed by atoms with Crippen LogP contribution in [0.3, 0.4) is 0 Å². The van der Waals surface area contributed by atoms with Gasteiger partial charge in [-0.15, -0.1) is 11.8 Å². The molecule has 0 saturated heterocycles. The van der Waals surface area contributed by atoms with E-state index in [1.807, 2.05) is 18.2 Å². The maximum Gasteiger partial charge on any atom is 0.146 e. The van der Waals surface area contributed by atoms with E-state index in [2.05, 4.69) is 24.3 Å². The molecule has 0 amide bonds. The van der Waals surface area contributed by atoms with Crippen molar-refractivity contribution in [1.29, 1.82) is 0 Å². The van der Waals surface area contributed by atoms with Crippen molar-refractivity contribution in [1.82, 2.24) is 0 Å². The van der Waals surface area contributed by atoms with Gasteiger partial charge in [0.05, 0.1) is 5.25 Å². The zero-order valence-electron chi connectivity index (χ0n) is 9.26. The number of hydrogen-bond acceptors (Lipinski definition) is 2.